The molecule has 0 radical (unpaired) electrons. The van der Waals surface area contributed by atoms with Crippen molar-refractivity contribution in [2.24, 2.45) is 0 Å². The smallest absolute Gasteiger partial charge is 0.255 e. The van der Waals surface area contributed by atoms with E-state index in [1.807, 2.05) is 57.4 Å². The van der Waals surface area contributed by atoms with Crippen molar-refractivity contribution in [1.29, 1.82) is 0 Å². The predicted molar refractivity (Wildman–Crippen MR) is 123 cm³/mol. The first kappa shape index (κ1) is 21.3. The number of hydrogen-bond donors (Lipinski definition) is 1. The van der Waals surface area contributed by atoms with Gasteiger partial charge in [0.15, 0.2) is 0 Å². The highest BCUT2D eigenvalue weighted by Gasteiger charge is 2.20. The van der Waals surface area contributed by atoms with Gasteiger partial charge in [-0.15, -0.1) is 11.3 Å². The molecule has 0 bridgehead atoms. The first-order valence-electron chi connectivity index (χ1n) is 10.9. The van der Waals surface area contributed by atoms with Crippen molar-refractivity contribution in [3.05, 3.63) is 65.2 Å². The number of carbonyl (C=O) groups is 2. The maximum absolute atomic E-state index is 13.0. The van der Waals surface area contributed by atoms with E-state index in [2.05, 4.69) is 10.4 Å². The summed E-state index contributed by atoms with van der Waals surface area (Å²) in [6.07, 6.45) is 6.66. The Morgan fingerprint density at radius 2 is 1.77 bits per heavy atom. The normalized spacial score (nSPS) is 14.3. The standard InChI is InChI=1S/C24H28N4O2S/c29-22(27-14-6-1-2-7-15-27)12-13-25-24(30)20-18-28(17-19-9-4-3-5-10-19)26-23(20)21-11-8-16-31-21/h3-5,8-11,16,18H,1-2,6-7,12-15,17H2,(H,25,30). The molecule has 162 valence electrons. The van der Waals surface area contributed by atoms with Gasteiger partial charge in [-0.1, -0.05) is 49.2 Å². The van der Waals surface area contributed by atoms with Crippen molar-refractivity contribution >= 4 is 23.2 Å². The Balaban J connectivity index is 1.42. The van der Waals surface area contributed by atoms with Crippen molar-refractivity contribution < 1.29 is 9.59 Å². The van der Waals surface area contributed by atoms with Crippen molar-refractivity contribution in [3.8, 4) is 10.6 Å². The molecule has 1 saturated heterocycles. The van der Waals surface area contributed by atoms with Crippen LogP contribution in [0, 0.1) is 0 Å². The van der Waals surface area contributed by atoms with Crippen LogP contribution < -0.4 is 5.32 Å². The van der Waals surface area contributed by atoms with E-state index in [1.54, 1.807) is 17.5 Å². The summed E-state index contributed by atoms with van der Waals surface area (Å²) < 4.78 is 1.81. The summed E-state index contributed by atoms with van der Waals surface area (Å²) in [6, 6.07) is 14.0. The number of benzene rings is 1. The van der Waals surface area contributed by atoms with E-state index in [4.69, 9.17) is 0 Å². The highest BCUT2D eigenvalue weighted by atomic mass is 32.1. The van der Waals surface area contributed by atoms with Crippen LogP contribution in [-0.2, 0) is 11.3 Å². The van der Waals surface area contributed by atoms with Crippen molar-refractivity contribution in [1.82, 2.24) is 20.0 Å². The van der Waals surface area contributed by atoms with Gasteiger partial charge in [-0.3, -0.25) is 14.3 Å². The van der Waals surface area contributed by atoms with Crippen LogP contribution in [0.5, 0.6) is 0 Å². The van der Waals surface area contributed by atoms with Gasteiger partial charge in [-0.25, -0.2) is 0 Å². The number of thiophene rings is 1. The van der Waals surface area contributed by atoms with Crippen LogP contribution in [0.4, 0.5) is 0 Å². The third kappa shape index (κ3) is 5.61. The van der Waals surface area contributed by atoms with Gasteiger partial charge in [-0.05, 0) is 29.9 Å². The van der Waals surface area contributed by atoms with Gasteiger partial charge < -0.3 is 10.2 Å². The maximum atomic E-state index is 13.0. The summed E-state index contributed by atoms with van der Waals surface area (Å²) in [4.78, 5) is 28.3. The summed E-state index contributed by atoms with van der Waals surface area (Å²) in [6.45, 7) is 2.60. The molecule has 0 aliphatic carbocycles. The minimum atomic E-state index is -0.189. The van der Waals surface area contributed by atoms with Crippen molar-refractivity contribution in [2.75, 3.05) is 19.6 Å². The molecule has 1 aliphatic rings. The molecule has 0 unspecified atom stereocenters. The molecule has 31 heavy (non-hydrogen) atoms. The van der Waals surface area contributed by atoms with Gasteiger partial charge in [0.2, 0.25) is 5.91 Å². The zero-order valence-electron chi connectivity index (χ0n) is 17.6. The predicted octanol–water partition coefficient (Wildman–Crippen LogP) is 4.18. The average Bonchev–Trinajstić information content (AvgIpc) is 3.37. The Labute approximate surface area is 186 Å². The minimum absolute atomic E-state index is 0.125. The lowest BCUT2D eigenvalue weighted by Gasteiger charge is -2.20. The molecule has 3 heterocycles. The Morgan fingerprint density at radius 3 is 2.48 bits per heavy atom. The molecular formula is C24H28N4O2S. The quantitative estimate of drug-likeness (QED) is 0.604. The number of nitrogens with zero attached hydrogens (tertiary/aromatic N) is 3. The first-order valence-corrected chi connectivity index (χ1v) is 11.8. The van der Waals surface area contributed by atoms with E-state index in [0.29, 0.717) is 30.8 Å². The summed E-state index contributed by atoms with van der Waals surface area (Å²) >= 11 is 1.56. The zero-order valence-corrected chi connectivity index (χ0v) is 18.4. The first-order chi connectivity index (χ1) is 15.2. The van der Waals surface area contributed by atoms with Crippen LogP contribution >= 0.6 is 11.3 Å². The molecule has 0 atom stereocenters. The molecule has 2 aromatic heterocycles. The Hall–Kier alpha value is -2.93. The third-order valence-electron chi connectivity index (χ3n) is 5.53. The van der Waals surface area contributed by atoms with Crippen molar-refractivity contribution in [3.63, 3.8) is 0 Å². The molecule has 3 aromatic rings. The van der Waals surface area contributed by atoms with E-state index < -0.39 is 0 Å². The number of hydrogen-bond acceptors (Lipinski definition) is 4. The summed E-state index contributed by atoms with van der Waals surface area (Å²) in [5.41, 5.74) is 2.35. The monoisotopic (exact) mass is 436 g/mol. The van der Waals surface area contributed by atoms with Crippen LogP contribution in [0.3, 0.4) is 0 Å². The number of aromatic nitrogens is 2. The number of nitrogens with one attached hydrogen (secondary N) is 1. The number of likely N-dealkylation sites (tertiary alicyclic amines) is 1. The van der Waals surface area contributed by atoms with Crippen LogP contribution in [0.2, 0.25) is 0 Å². The number of rotatable bonds is 7. The summed E-state index contributed by atoms with van der Waals surface area (Å²) in [7, 11) is 0. The maximum Gasteiger partial charge on any atom is 0.255 e. The van der Waals surface area contributed by atoms with Gasteiger partial charge in [0.25, 0.3) is 5.91 Å². The topological polar surface area (TPSA) is 67.2 Å². The Kier molecular flexibility index (Phi) is 7.14. The van der Waals surface area contributed by atoms with E-state index in [1.165, 1.54) is 12.8 Å². The molecule has 1 aromatic carbocycles. The van der Waals surface area contributed by atoms with Gasteiger partial charge in [-0.2, -0.15) is 5.10 Å². The minimum Gasteiger partial charge on any atom is -0.351 e. The van der Waals surface area contributed by atoms with Crippen LogP contribution in [0.1, 0.15) is 48.0 Å². The lowest BCUT2D eigenvalue weighted by atomic mass is 10.2. The molecule has 6 nitrogen and oxygen atoms in total. The fourth-order valence-electron chi connectivity index (χ4n) is 3.89. The number of amides is 2. The fourth-order valence-corrected chi connectivity index (χ4v) is 4.61. The van der Waals surface area contributed by atoms with Crippen LogP contribution in [0.25, 0.3) is 10.6 Å². The van der Waals surface area contributed by atoms with E-state index in [9.17, 15) is 9.59 Å². The average molecular weight is 437 g/mol. The zero-order chi connectivity index (χ0) is 21.5. The Morgan fingerprint density at radius 1 is 1.00 bits per heavy atom. The lowest BCUT2D eigenvalue weighted by Crippen LogP contribution is -2.35. The van der Waals surface area contributed by atoms with Crippen molar-refractivity contribution in [2.45, 2.75) is 38.6 Å². The summed E-state index contributed by atoms with van der Waals surface area (Å²) in [5, 5.41) is 9.60. The van der Waals surface area contributed by atoms with E-state index in [-0.39, 0.29) is 11.8 Å². The molecule has 1 fully saturated rings. The molecule has 1 N–H and O–H groups in total. The van der Waals surface area contributed by atoms with Crippen LogP contribution in [-0.4, -0.2) is 46.1 Å². The molecule has 2 amide bonds. The highest BCUT2D eigenvalue weighted by Crippen LogP contribution is 2.27. The molecule has 4 rings (SSSR count). The van der Waals surface area contributed by atoms with Gasteiger partial charge >= 0.3 is 0 Å². The third-order valence-corrected chi connectivity index (χ3v) is 6.41. The molecule has 0 spiro atoms. The molecular weight excluding hydrogens is 408 g/mol. The highest BCUT2D eigenvalue weighted by molar-refractivity contribution is 7.13. The second-order valence-electron chi connectivity index (χ2n) is 7.85. The van der Waals surface area contributed by atoms with Gasteiger partial charge in [0.1, 0.15) is 5.69 Å². The van der Waals surface area contributed by atoms with Crippen LogP contribution in [0.15, 0.2) is 54.0 Å². The fraction of sp³-hybridized carbons (Fsp3) is 0.375. The second-order valence-corrected chi connectivity index (χ2v) is 8.80. The lowest BCUT2D eigenvalue weighted by molar-refractivity contribution is -0.131. The van der Waals surface area contributed by atoms with E-state index in [0.717, 1.165) is 36.4 Å². The SMILES string of the molecule is O=C(NCCC(=O)N1CCCCCC1)c1cn(Cc2ccccc2)nc1-c1cccs1. The number of carbonyl (C=O) groups excluding carboxylic acids is 2. The largest absolute Gasteiger partial charge is 0.351 e. The second kappa shape index (κ2) is 10.4. The van der Waals surface area contributed by atoms with E-state index >= 15 is 0 Å². The summed E-state index contributed by atoms with van der Waals surface area (Å²) in [5.74, 6) is -0.0631. The van der Waals surface area contributed by atoms with Gasteiger partial charge in [0.05, 0.1) is 17.0 Å². The molecule has 0 saturated carbocycles. The molecule has 1 aliphatic heterocycles. The molecule has 7 heteroatoms. The van der Waals surface area contributed by atoms with Gasteiger partial charge in [0, 0.05) is 32.3 Å². The Bertz CT molecular complexity index is 990.